The third kappa shape index (κ3) is 4.97. The summed E-state index contributed by atoms with van der Waals surface area (Å²) in [6.07, 6.45) is 2.80. The zero-order valence-electron chi connectivity index (χ0n) is 16.6. The molecule has 1 fully saturated rings. The summed E-state index contributed by atoms with van der Waals surface area (Å²) in [6, 6.07) is 8.36. The van der Waals surface area contributed by atoms with Crippen LogP contribution in [0.3, 0.4) is 0 Å². The van der Waals surface area contributed by atoms with E-state index in [1.165, 1.54) is 12.1 Å². The van der Waals surface area contributed by atoms with E-state index in [1.807, 2.05) is 19.1 Å². The summed E-state index contributed by atoms with van der Waals surface area (Å²) in [5.41, 5.74) is 1.33. The summed E-state index contributed by atoms with van der Waals surface area (Å²) in [7, 11) is 0. The molecule has 0 saturated heterocycles. The van der Waals surface area contributed by atoms with Crippen LogP contribution in [0.2, 0.25) is 15.2 Å². The summed E-state index contributed by atoms with van der Waals surface area (Å²) in [6.45, 7) is 1.79. The molecule has 0 aliphatic heterocycles. The summed E-state index contributed by atoms with van der Waals surface area (Å²) in [4.78, 5) is 19.4. The maximum Gasteiger partial charge on any atom is 0.273 e. The van der Waals surface area contributed by atoms with Gasteiger partial charge in [-0.1, -0.05) is 47.8 Å². The molecule has 0 atom stereocenters. The number of halogens is 4. The number of nitrogens with zero attached hydrogens (tertiary/aromatic N) is 1. The van der Waals surface area contributed by atoms with Crippen LogP contribution in [0.4, 0.5) is 4.39 Å². The van der Waals surface area contributed by atoms with Crippen molar-refractivity contribution in [2.45, 2.75) is 38.6 Å². The highest BCUT2D eigenvalue weighted by atomic mass is 35.5. The lowest BCUT2D eigenvalue weighted by molar-refractivity contribution is 0.0946. The fraction of sp³-hybridized carbons (Fsp3) is 0.273. The molecule has 1 aliphatic rings. The van der Waals surface area contributed by atoms with Crippen LogP contribution in [0.15, 0.2) is 30.3 Å². The zero-order chi connectivity index (χ0) is 22.1. The van der Waals surface area contributed by atoms with Gasteiger partial charge in [-0.15, -0.1) is 0 Å². The summed E-state index contributed by atoms with van der Waals surface area (Å²) in [5, 5.41) is 3.39. The van der Waals surface area contributed by atoms with Gasteiger partial charge in [-0.05, 0) is 48.6 Å². The number of aryl methyl sites for hydroxylation is 1. The van der Waals surface area contributed by atoms with Crippen LogP contribution in [0, 0.1) is 5.82 Å². The van der Waals surface area contributed by atoms with Gasteiger partial charge in [-0.2, -0.15) is 0 Å². The first kappa shape index (κ1) is 21.9. The van der Waals surface area contributed by atoms with E-state index in [-0.39, 0.29) is 33.7 Å². The number of nitrogens with one attached hydrogen (secondary N) is 2. The molecular weight excluding hydrogens is 464 g/mol. The lowest BCUT2D eigenvalue weighted by Crippen LogP contribution is -2.24. The van der Waals surface area contributed by atoms with Gasteiger partial charge in [0.05, 0.1) is 5.02 Å². The first-order chi connectivity index (χ1) is 14.9. The van der Waals surface area contributed by atoms with Crippen molar-refractivity contribution in [2.75, 3.05) is 0 Å². The van der Waals surface area contributed by atoms with Gasteiger partial charge in [0, 0.05) is 23.6 Å². The summed E-state index contributed by atoms with van der Waals surface area (Å²) in [5.74, 6) is 0.167. The van der Waals surface area contributed by atoms with Gasteiger partial charge in [0.1, 0.15) is 16.7 Å². The zero-order valence-corrected chi connectivity index (χ0v) is 18.8. The molecule has 1 aromatic heterocycles. The van der Waals surface area contributed by atoms with Crippen LogP contribution in [0.5, 0.6) is 11.5 Å². The SMILES string of the molecule is CCc1nc(C(=O)NCc2ccc(Cl)c(Oc3cc(Cl)cc(C4CC4)c3)c2F)c(Cl)[nH]1. The van der Waals surface area contributed by atoms with Crippen LogP contribution in [0.25, 0.3) is 0 Å². The molecule has 5 nitrogen and oxygen atoms in total. The minimum atomic E-state index is -0.664. The van der Waals surface area contributed by atoms with Crippen molar-refractivity contribution in [1.29, 1.82) is 0 Å². The molecule has 3 aromatic rings. The van der Waals surface area contributed by atoms with Gasteiger partial charge < -0.3 is 15.0 Å². The van der Waals surface area contributed by atoms with Gasteiger partial charge in [0.25, 0.3) is 5.91 Å². The Labute approximate surface area is 193 Å². The van der Waals surface area contributed by atoms with Crippen molar-refractivity contribution in [3.8, 4) is 11.5 Å². The fourth-order valence-electron chi connectivity index (χ4n) is 3.19. The number of imidazole rings is 1. The Balaban J connectivity index is 1.52. The monoisotopic (exact) mass is 481 g/mol. The number of hydrogen-bond acceptors (Lipinski definition) is 3. The van der Waals surface area contributed by atoms with Crippen LogP contribution < -0.4 is 10.1 Å². The van der Waals surface area contributed by atoms with Crippen molar-refractivity contribution < 1.29 is 13.9 Å². The van der Waals surface area contributed by atoms with E-state index in [0.717, 1.165) is 18.4 Å². The number of hydrogen-bond donors (Lipinski definition) is 2. The lowest BCUT2D eigenvalue weighted by Gasteiger charge is -2.13. The Morgan fingerprint density at radius 1 is 1.26 bits per heavy atom. The second-order valence-corrected chi connectivity index (χ2v) is 8.55. The largest absolute Gasteiger partial charge is 0.453 e. The number of rotatable bonds is 7. The van der Waals surface area contributed by atoms with Crippen molar-refractivity contribution in [1.82, 2.24) is 15.3 Å². The van der Waals surface area contributed by atoms with Crippen LogP contribution in [-0.4, -0.2) is 15.9 Å². The maximum absolute atomic E-state index is 15.1. The molecule has 1 amide bonds. The average molecular weight is 483 g/mol. The molecule has 0 radical (unpaired) electrons. The second kappa shape index (κ2) is 9.07. The van der Waals surface area contributed by atoms with Gasteiger partial charge in [-0.3, -0.25) is 4.79 Å². The molecule has 162 valence electrons. The molecule has 2 aromatic carbocycles. The van der Waals surface area contributed by atoms with Crippen LogP contribution in [-0.2, 0) is 13.0 Å². The van der Waals surface area contributed by atoms with Crippen LogP contribution in [0.1, 0.15) is 53.1 Å². The van der Waals surface area contributed by atoms with Gasteiger partial charge in [0.2, 0.25) is 0 Å². The van der Waals surface area contributed by atoms with Crippen molar-refractivity contribution in [3.05, 3.63) is 74.0 Å². The highest BCUT2D eigenvalue weighted by Gasteiger charge is 2.25. The predicted octanol–water partition coefficient (Wildman–Crippen LogP) is 6.67. The van der Waals surface area contributed by atoms with E-state index >= 15 is 4.39 Å². The van der Waals surface area contributed by atoms with E-state index < -0.39 is 11.7 Å². The number of benzene rings is 2. The number of aromatic amines is 1. The molecular formula is C22H19Cl3FN3O2. The smallest absolute Gasteiger partial charge is 0.273 e. The van der Waals surface area contributed by atoms with Crippen molar-refractivity contribution in [3.63, 3.8) is 0 Å². The first-order valence-corrected chi connectivity index (χ1v) is 11.0. The number of carbonyl (C=O) groups is 1. The topological polar surface area (TPSA) is 67.0 Å². The summed E-state index contributed by atoms with van der Waals surface area (Å²) >= 11 is 18.4. The number of aromatic nitrogens is 2. The molecule has 0 spiro atoms. The Morgan fingerprint density at radius 3 is 2.71 bits per heavy atom. The minimum absolute atomic E-state index is 0.0656. The first-order valence-electron chi connectivity index (χ1n) is 9.83. The second-order valence-electron chi connectivity index (χ2n) is 7.33. The molecule has 31 heavy (non-hydrogen) atoms. The molecule has 1 aliphatic carbocycles. The third-order valence-corrected chi connectivity index (χ3v) is 5.78. The van der Waals surface area contributed by atoms with E-state index in [0.29, 0.717) is 28.9 Å². The van der Waals surface area contributed by atoms with Crippen molar-refractivity contribution in [2.24, 2.45) is 0 Å². The molecule has 1 heterocycles. The Kier molecular flexibility index (Phi) is 6.42. The number of H-pyrrole nitrogens is 1. The predicted molar refractivity (Wildman–Crippen MR) is 119 cm³/mol. The molecule has 0 bridgehead atoms. The molecule has 0 unspecified atom stereocenters. The highest BCUT2D eigenvalue weighted by molar-refractivity contribution is 6.32. The van der Waals surface area contributed by atoms with Gasteiger partial charge >= 0.3 is 0 Å². The molecule has 4 rings (SSSR count). The fourth-order valence-corrected chi connectivity index (χ4v) is 3.85. The maximum atomic E-state index is 15.1. The molecule has 2 N–H and O–H groups in total. The Morgan fingerprint density at radius 2 is 2.03 bits per heavy atom. The molecule has 1 saturated carbocycles. The summed E-state index contributed by atoms with van der Waals surface area (Å²) < 4.78 is 20.9. The van der Waals surface area contributed by atoms with Gasteiger partial charge in [0.15, 0.2) is 17.3 Å². The number of amides is 1. The Hall–Kier alpha value is -2.28. The number of ether oxygens (including phenoxy) is 1. The minimum Gasteiger partial charge on any atom is -0.453 e. The third-order valence-electron chi connectivity index (χ3n) is 4.99. The average Bonchev–Trinajstić information content (AvgIpc) is 3.52. The number of carbonyl (C=O) groups excluding carboxylic acids is 1. The van der Waals surface area contributed by atoms with E-state index in [1.54, 1.807) is 6.07 Å². The quantitative estimate of drug-likeness (QED) is 0.395. The Bertz CT molecular complexity index is 1150. The van der Waals surface area contributed by atoms with Crippen molar-refractivity contribution >= 4 is 40.7 Å². The van der Waals surface area contributed by atoms with Gasteiger partial charge in [-0.25, -0.2) is 9.37 Å². The van der Waals surface area contributed by atoms with E-state index in [2.05, 4.69) is 15.3 Å². The normalized spacial score (nSPS) is 13.3. The standard InChI is InChI=1S/C22H19Cl3FN3O2/c1-2-17-28-19(21(25)29-17)22(30)27-10-12-5-6-16(24)20(18(12)26)31-15-8-13(11-3-4-11)7-14(23)9-15/h5-9,11H,2-4,10H2,1H3,(H,27,30)(H,28,29). The van der Waals surface area contributed by atoms with E-state index in [9.17, 15) is 4.79 Å². The van der Waals surface area contributed by atoms with E-state index in [4.69, 9.17) is 39.5 Å². The lowest BCUT2D eigenvalue weighted by atomic mass is 10.1. The molecule has 9 heteroatoms. The highest BCUT2D eigenvalue weighted by Crippen LogP contribution is 2.43. The van der Waals surface area contributed by atoms with Crippen LogP contribution >= 0.6 is 34.8 Å².